The molecule has 0 amide bonds. The molecule has 4 heteroatoms. The molecular formula is C32H35N3O. The van der Waals surface area contributed by atoms with Crippen molar-refractivity contribution in [2.75, 3.05) is 38.6 Å². The zero-order chi connectivity index (χ0) is 24.8. The molecule has 184 valence electrons. The second-order valence-electron chi connectivity index (χ2n) is 11.1. The Balaban J connectivity index is 1.43. The molecule has 0 bridgehead atoms. The number of fused-ring (bicyclic) bond motifs is 2. The Kier molecular flexibility index (Phi) is 6.00. The molecule has 3 aromatic carbocycles. The van der Waals surface area contributed by atoms with Gasteiger partial charge in [0.05, 0.1) is 16.8 Å². The van der Waals surface area contributed by atoms with E-state index in [0.29, 0.717) is 5.92 Å². The lowest BCUT2D eigenvalue weighted by Gasteiger charge is -2.36. The maximum atomic E-state index is 13.4. The minimum atomic E-state index is 0.182. The van der Waals surface area contributed by atoms with Crippen LogP contribution in [0.25, 0.3) is 32.8 Å². The first-order valence-electron chi connectivity index (χ1n) is 13.3. The van der Waals surface area contributed by atoms with E-state index in [1.807, 2.05) is 6.20 Å². The van der Waals surface area contributed by atoms with Crippen molar-refractivity contribution in [2.24, 2.45) is 11.8 Å². The van der Waals surface area contributed by atoms with Gasteiger partial charge >= 0.3 is 0 Å². The van der Waals surface area contributed by atoms with E-state index in [2.05, 4.69) is 85.4 Å². The molecule has 4 aromatic rings. The minimum absolute atomic E-state index is 0.182. The number of carbonyl (C=O) groups excluding carboxylic acids is 1. The first-order valence-corrected chi connectivity index (χ1v) is 13.3. The van der Waals surface area contributed by atoms with Crippen LogP contribution in [0.4, 0.5) is 5.69 Å². The second kappa shape index (κ2) is 9.33. The predicted molar refractivity (Wildman–Crippen MR) is 150 cm³/mol. The van der Waals surface area contributed by atoms with E-state index >= 15 is 0 Å². The van der Waals surface area contributed by atoms with Gasteiger partial charge < -0.3 is 9.80 Å². The van der Waals surface area contributed by atoms with Crippen molar-refractivity contribution < 1.29 is 4.79 Å². The molecule has 0 unspecified atom stereocenters. The Morgan fingerprint density at radius 3 is 2.36 bits per heavy atom. The molecule has 0 radical (unpaired) electrons. The molecule has 1 aliphatic heterocycles. The van der Waals surface area contributed by atoms with Crippen molar-refractivity contribution in [3.63, 3.8) is 0 Å². The molecule has 2 fully saturated rings. The van der Waals surface area contributed by atoms with Gasteiger partial charge in [0.2, 0.25) is 0 Å². The summed E-state index contributed by atoms with van der Waals surface area (Å²) in [5.41, 5.74) is 6.54. The summed E-state index contributed by atoms with van der Waals surface area (Å²) < 4.78 is 0. The van der Waals surface area contributed by atoms with Crippen LogP contribution in [0, 0.1) is 18.8 Å². The van der Waals surface area contributed by atoms with Gasteiger partial charge in [-0.15, -0.1) is 0 Å². The smallest absolute Gasteiger partial charge is 0.169 e. The number of nitrogens with zero attached hydrogens (tertiary/aromatic N) is 3. The summed E-state index contributed by atoms with van der Waals surface area (Å²) in [7, 11) is 4.31. The molecule has 0 atom stereocenters. The van der Waals surface area contributed by atoms with E-state index in [9.17, 15) is 4.79 Å². The van der Waals surface area contributed by atoms with Gasteiger partial charge in [0.25, 0.3) is 0 Å². The summed E-state index contributed by atoms with van der Waals surface area (Å²) in [4.78, 5) is 22.9. The maximum absolute atomic E-state index is 13.4. The molecular weight excluding hydrogens is 442 g/mol. The molecule has 2 heterocycles. The van der Waals surface area contributed by atoms with E-state index in [-0.39, 0.29) is 11.7 Å². The van der Waals surface area contributed by atoms with Gasteiger partial charge in [0.15, 0.2) is 5.78 Å². The zero-order valence-electron chi connectivity index (χ0n) is 21.6. The van der Waals surface area contributed by atoms with Gasteiger partial charge in [0.1, 0.15) is 0 Å². The summed E-state index contributed by atoms with van der Waals surface area (Å²) in [6.07, 6.45) is 6.18. The standard InChI is InChI=1S/C32H35N3O/c1-21-4-5-25-17-26(9-8-24(25)16-21)27-10-11-30-28(18-27)31(29(19-33-30)32(36)23-6-7-23)35-14-12-22(13-15-35)20-34(2)3/h4-5,8-11,16-19,22-23H,6-7,12-15,20H2,1-3H3. The number of anilines is 1. The fourth-order valence-corrected chi connectivity index (χ4v) is 5.84. The van der Waals surface area contributed by atoms with Gasteiger partial charge in [-0.3, -0.25) is 9.78 Å². The van der Waals surface area contributed by atoms with E-state index in [1.54, 1.807) is 0 Å². The SMILES string of the molecule is Cc1ccc2cc(-c3ccc4ncc(C(=O)C5CC5)c(N5CCC(CN(C)C)CC5)c4c3)ccc2c1. The topological polar surface area (TPSA) is 36.4 Å². The fraction of sp³-hybridized carbons (Fsp3) is 0.375. The van der Waals surface area contributed by atoms with Crippen LogP contribution in [0.15, 0.2) is 60.8 Å². The summed E-state index contributed by atoms with van der Waals surface area (Å²) in [6, 6.07) is 19.9. The van der Waals surface area contributed by atoms with Crippen LogP contribution in [0.2, 0.25) is 0 Å². The lowest BCUT2D eigenvalue weighted by molar-refractivity contribution is 0.0968. The van der Waals surface area contributed by atoms with Crippen molar-refractivity contribution >= 4 is 33.1 Å². The van der Waals surface area contributed by atoms with Crippen LogP contribution in [-0.4, -0.2) is 49.4 Å². The highest BCUT2D eigenvalue weighted by atomic mass is 16.1. The Labute approximate surface area is 213 Å². The number of aryl methyl sites for hydroxylation is 1. The van der Waals surface area contributed by atoms with E-state index < -0.39 is 0 Å². The molecule has 1 aliphatic carbocycles. The summed E-state index contributed by atoms with van der Waals surface area (Å²) in [6.45, 7) is 5.24. The average molecular weight is 478 g/mol. The lowest BCUT2D eigenvalue weighted by Crippen LogP contribution is -2.38. The molecule has 1 saturated heterocycles. The van der Waals surface area contributed by atoms with Crippen LogP contribution in [0.3, 0.4) is 0 Å². The summed E-state index contributed by atoms with van der Waals surface area (Å²) >= 11 is 0. The average Bonchev–Trinajstić information content (AvgIpc) is 3.73. The lowest BCUT2D eigenvalue weighted by atomic mass is 9.93. The van der Waals surface area contributed by atoms with Crippen molar-refractivity contribution in [1.29, 1.82) is 0 Å². The quantitative estimate of drug-likeness (QED) is 0.288. The van der Waals surface area contributed by atoms with Gasteiger partial charge in [0, 0.05) is 37.1 Å². The summed E-state index contributed by atoms with van der Waals surface area (Å²) in [5, 5.41) is 3.62. The summed E-state index contributed by atoms with van der Waals surface area (Å²) in [5.74, 6) is 1.17. The normalized spacial score (nSPS) is 16.8. The van der Waals surface area contributed by atoms with Gasteiger partial charge in [-0.05, 0) is 92.7 Å². The van der Waals surface area contributed by atoms with E-state index in [0.717, 1.165) is 67.5 Å². The van der Waals surface area contributed by atoms with Crippen molar-refractivity contribution in [3.05, 3.63) is 71.9 Å². The highest BCUT2D eigenvalue weighted by Gasteiger charge is 2.34. The number of pyridine rings is 1. The van der Waals surface area contributed by atoms with Crippen LogP contribution < -0.4 is 4.90 Å². The number of aromatic nitrogens is 1. The van der Waals surface area contributed by atoms with Crippen LogP contribution in [0.5, 0.6) is 0 Å². The molecule has 2 aliphatic rings. The van der Waals surface area contributed by atoms with Crippen molar-refractivity contribution in [2.45, 2.75) is 32.6 Å². The molecule has 0 spiro atoms. The number of Topliss-reactive ketones (excluding diaryl/α,β-unsaturated/α-hetero) is 1. The Morgan fingerprint density at radius 1 is 0.917 bits per heavy atom. The zero-order valence-corrected chi connectivity index (χ0v) is 21.6. The number of benzene rings is 3. The third-order valence-corrected chi connectivity index (χ3v) is 7.94. The Bertz CT molecular complexity index is 1450. The minimum Gasteiger partial charge on any atom is -0.370 e. The molecule has 36 heavy (non-hydrogen) atoms. The fourth-order valence-electron chi connectivity index (χ4n) is 5.84. The number of piperidine rings is 1. The molecule has 4 nitrogen and oxygen atoms in total. The van der Waals surface area contributed by atoms with E-state index in [1.165, 1.54) is 27.5 Å². The van der Waals surface area contributed by atoms with Crippen LogP contribution in [0.1, 0.15) is 41.6 Å². The number of ketones is 1. The number of hydrogen-bond acceptors (Lipinski definition) is 4. The molecule has 0 N–H and O–H groups in total. The number of hydrogen-bond donors (Lipinski definition) is 0. The third kappa shape index (κ3) is 4.51. The van der Waals surface area contributed by atoms with Crippen molar-refractivity contribution in [1.82, 2.24) is 9.88 Å². The molecule has 1 saturated carbocycles. The van der Waals surface area contributed by atoms with Crippen molar-refractivity contribution in [3.8, 4) is 11.1 Å². The Morgan fingerprint density at radius 2 is 1.61 bits per heavy atom. The highest BCUT2D eigenvalue weighted by molar-refractivity contribution is 6.10. The largest absolute Gasteiger partial charge is 0.370 e. The maximum Gasteiger partial charge on any atom is 0.169 e. The van der Waals surface area contributed by atoms with Crippen LogP contribution in [-0.2, 0) is 0 Å². The first-order chi connectivity index (χ1) is 17.5. The molecule has 6 rings (SSSR count). The number of rotatable bonds is 6. The predicted octanol–water partition coefficient (Wildman–Crippen LogP) is 6.73. The van der Waals surface area contributed by atoms with Gasteiger partial charge in [-0.2, -0.15) is 0 Å². The third-order valence-electron chi connectivity index (χ3n) is 7.94. The van der Waals surface area contributed by atoms with Gasteiger partial charge in [-0.1, -0.05) is 42.0 Å². The monoisotopic (exact) mass is 477 g/mol. The highest BCUT2D eigenvalue weighted by Crippen LogP contribution is 2.40. The van der Waals surface area contributed by atoms with E-state index in [4.69, 9.17) is 4.98 Å². The Hall–Kier alpha value is -3.24. The van der Waals surface area contributed by atoms with Crippen LogP contribution >= 0.6 is 0 Å². The second-order valence-corrected chi connectivity index (χ2v) is 11.1. The first kappa shape index (κ1) is 23.2. The molecule has 1 aromatic heterocycles. The van der Waals surface area contributed by atoms with Gasteiger partial charge in [-0.25, -0.2) is 0 Å². The number of carbonyl (C=O) groups is 1.